The molecule has 2 atom stereocenters. The van der Waals surface area contributed by atoms with Crippen LogP contribution in [0.4, 0.5) is 21.8 Å². The Hall–Kier alpha value is -3.08. The molecule has 192 valence electrons. The van der Waals surface area contributed by atoms with Crippen LogP contribution in [0.15, 0.2) is 30.3 Å². The first-order valence-electron chi connectivity index (χ1n) is 12.5. The Morgan fingerprint density at radius 1 is 1.00 bits per heavy atom. The van der Waals surface area contributed by atoms with Crippen molar-refractivity contribution in [2.24, 2.45) is 0 Å². The molecule has 10 heteroatoms. The van der Waals surface area contributed by atoms with Crippen LogP contribution < -0.4 is 14.7 Å². The number of aliphatic hydroxyl groups excluding tert-OH is 1. The number of hydrogen-bond donors (Lipinski definition) is 1. The number of hydrogen-bond acceptors (Lipinski definition) is 9. The Morgan fingerprint density at radius 2 is 1.72 bits per heavy atom. The lowest BCUT2D eigenvalue weighted by Gasteiger charge is -2.37. The van der Waals surface area contributed by atoms with Crippen LogP contribution in [0.5, 0.6) is 0 Å². The molecule has 0 spiro atoms. The molecular weight excluding hydrogens is 463 g/mol. The monoisotopic (exact) mass is 496 g/mol. The van der Waals surface area contributed by atoms with Crippen molar-refractivity contribution >= 4 is 28.5 Å². The minimum atomic E-state index is -0.343. The van der Waals surface area contributed by atoms with E-state index in [4.69, 9.17) is 24.4 Å². The molecule has 1 N–H and O–H groups in total. The van der Waals surface area contributed by atoms with Crippen LogP contribution in [0.3, 0.4) is 0 Å². The van der Waals surface area contributed by atoms with Crippen molar-refractivity contribution in [1.29, 1.82) is 0 Å². The van der Waals surface area contributed by atoms with Gasteiger partial charge < -0.3 is 29.3 Å². The maximum Gasteiger partial charge on any atom is 0.229 e. The van der Waals surface area contributed by atoms with Crippen molar-refractivity contribution in [3.63, 3.8) is 0 Å². The van der Waals surface area contributed by atoms with Gasteiger partial charge in [-0.25, -0.2) is 9.37 Å². The first-order chi connectivity index (χ1) is 17.5. The van der Waals surface area contributed by atoms with E-state index < -0.39 is 0 Å². The second kappa shape index (κ2) is 10.5. The molecule has 2 fully saturated rings. The van der Waals surface area contributed by atoms with Crippen LogP contribution in [0.25, 0.3) is 22.3 Å². The summed E-state index contributed by atoms with van der Waals surface area (Å²) in [6.45, 7) is 8.50. The molecule has 0 saturated carbocycles. The minimum absolute atomic E-state index is 0.0587. The summed E-state index contributed by atoms with van der Waals surface area (Å²) in [6, 6.07) is 9.17. The maximum absolute atomic E-state index is 14.5. The van der Waals surface area contributed by atoms with E-state index in [1.807, 2.05) is 12.1 Å². The fourth-order valence-corrected chi connectivity index (χ4v) is 4.79. The number of likely N-dealkylation sites (N-methyl/N-ethyl adjacent to an activating group) is 1. The molecule has 0 bridgehead atoms. The Labute approximate surface area is 210 Å². The second-order valence-electron chi connectivity index (χ2n) is 9.46. The fraction of sp³-hybridized carbons (Fsp3) is 0.500. The van der Waals surface area contributed by atoms with Crippen LogP contribution in [-0.2, 0) is 9.47 Å². The molecule has 0 aliphatic carbocycles. The van der Waals surface area contributed by atoms with Crippen molar-refractivity contribution in [2.75, 3.05) is 74.4 Å². The van der Waals surface area contributed by atoms with Crippen molar-refractivity contribution in [1.82, 2.24) is 15.0 Å². The van der Waals surface area contributed by atoms with Gasteiger partial charge in [0.05, 0.1) is 61.9 Å². The lowest BCUT2D eigenvalue weighted by Crippen LogP contribution is -2.46. The zero-order chi connectivity index (χ0) is 25.2. The third kappa shape index (κ3) is 4.80. The number of rotatable bonds is 6. The summed E-state index contributed by atoms with van der Waals surface area (Å²) in [5, 5.41) is 10.2. The molecule has 4 heterocycles. The number of halogens is 1. The van der Waals surface area contributed by atoms with Gasteiger partial charge in [0.2, 0.25) is 5.95 Å². The first-order valence-corrected chi connectivity index (χ1v) is 12.5. The Morgan fingerprint density at radius 3 is 2.42 bits per heavy atom. The van der Waals surface area contributed by atoms with Gasteiger partial charge in [-0.3, -0.25) is 0 Å². The molecule has 2 saturated heterocycles. The summed E-state index contributed by atoms with van der Waals surface area (Å²) >= 11 is 0. The van der Waals surface area contributed by atoms with E-state index in [1.54, 1.807) is 24.1 Å². The summed E-state index contributed by atoms with van der Waals surface area (Å²) < 4.78 is 25.8. The summed E-state index contributed by atoms with van der Waals surface area (Å²) in [5.41, 5.74) is 2.48. The number of fused-ring (bicyclic) bond motifs is 1. The van der Waals surface area contributed by atoms with Crippen LogP contribution in [-0.4, -0.2) is 91.9 Å². The van der Waals surface area contributed by atoms with E-state index in [-0.39, 0.29) is 24.5 Å². The largest absolute Gasteiger partial charge is 0.395 e. The molecular formula is C26H33FN6O3. The van der Waals surface area contributed by atoms with E-state index in [9.17, 15) is 9.50 Å². The summed E-state index contributed by atoms with van der Waals surface area (Å²) in [4.78, 5) is 21.0. The number of aromatic nitrogens is 3. The van der Waals surface area contributed by atoms with Gasteiger partial charge in [-0.2, -0.15) is 9.97 Å². The Bertz CT molecular complexity index is 1230. The minimum Gasteiger partial charge on any atom is -0.395 e. The number of nitrogens with zero attached hydrogens (tertiary/aromatic N) is 6. The number of morpholine rings is 2. The quantitative estimate of drug-likeness (QED) is 0.554. The highest BCUT2D eigenvalue weighted by atomic mass is 19.1. The second-order valence-corrected chi connectivity index (χ2v) is 9.46. The van der Waals surface area contributed by atoms with Crippen LogP contribution in [0, 0.1) is 5.82 Å². The normalized spacial score (nSPS) is 20.7. The maximum atomic E-state index is 14.5. The van der Waals surface area contributed by atoms with E-state index >= 15 is 0 Å². The number of pyridine rings is 1. The highest BCUT2D eigenvalue weighted by Gasteiger charge is 2.27. The summed E-state index contributed by atoms with van der Waals surface area (Å²) in [7, 11) is 1.75. The Kier molecular flexibility index (Phi) is 7.17. The van der Waals surface area contributed by atoms with Crippen molar-refractivity contribution < 1.29 is 19.0 Å². The molecule has 9 nitrogen and oxygen atoms in total. The van der Waals surface area contributed by atoms with Gasteiger partial charge in [0.15, 0.2) is 5.65 Å². The molecule has 5 rings (SSSR count). The predicted octanol–water partition coefficient (Wildman–Crippen LogP) is 2.71. The molecule has 0 unspecified atom stereocenters. The fourth-order valence-electron chi connectivity index (χ4n) is 4.79. The van der Waals surface area contributed by atoms with Crippen molar-refractivity contribution in [3.8, 4) is 11.3 Å². The topological polar surface area (TPSA) is 87.1 Å². The summed E-state index contributed by atoms with van der Waals surface area (Å²) in [5.74, 6) is 1.15. The molecule has 1 aromatic carbocycles. The van der Waals surface area contributed by atoms with Crippen LogP contribution in [0.2, 0.25) is 0 Å². The standard InChI is InChI=1S/C26H33FN6O3/c1-17-15-35-12-9-32(17)25-20-5-7-22(19-4-6-21(27)23(14-19)31(3)8-11-34)28-24(20)29-26(30-25)33-10-13-36-16-18(33)2/h4-7,14,17-18,34H,8-13,15-16H2,1-3H3/t17-,18-/m0/s1. The molecule has 2 aliphatic rings. The van der Waals surface area contributed by atoms with Gasteiger partial charge >= 0.3 is 0 Å². The van der Waals surface area contributed by atoms with Gasteiger partial charge in [-0.15, -0.1) is 0 Å². The SMILES string of the molecule is C[C@H]1COCCN1c1nc(N2CCOC[C@@H]2C)c2ccc(-c3ccc(F)c(N(C)CCO)c3)nc2n1. The molecule has 0 amide bonds. The number of ether oxygens (including phenoxy) is 2. The summed E-state index contributed by atoms with van der Waals surface area (Å²) in [6.07, 6.45) is 0. The van der Waals surface area contributed by atoms with Crippen molar-refractivity contribution in [2.45, 2.75) is 25.9 Å². The van der Waals surface area contributed by atoms with E-state index in [2.05, 4.69) is 23.6 Å². The number of aliphatic hydroxyl groups is 1. The molecule has 2 aliphatic heterocycles. The van der Waals surface area contributed by atoms with Crippen LogP contribution in [0.1, 0.15) is 13.8 Å². The van der Waals surface area contributed by atoms with Gasteiger partial charge in [0.25, 0.3) is 0 Å². The molecule has 2 aromatic heterocycles. The lowest BCUT2D eigenvalue weighted by molar-refractivity contribution is 0.0973. The highest BCUT2D eigenvalue weighted by Crippen LogP contribution is 2.32. The third-order valence-electron chi connectivity index (χ3n) is 6.88. The molecule has 36 heavy (non-hydrogen) atoms. The number of benzene rings is 1. The van der Waals surface area contributed by atoms with Gasteiger partial charge in [0.1, 0.15) is 11.6 Å². The van der Waals surface area contributed by atoms with Gasteiger partial charge in [-0.05, 0) is 44.2 Å². The van der Waals surface area contributed by atoms with E-state index in [0.717, 1.165) is 23.3 Å². The predicted molar refractivity (Wildman–Crippen MR) is 138 cm³/mol. The van der Waals surface area contributed by atoms with Gasteiger partial charge in [-0.1, -0.05) is 0 Å². The zero-order valence-electron chi connectivity index (χ0n) is 21.0. The number of anilines is 3. The van der Waals surface area contributed by atoms with Crippen molar-refractivity contribution in [3.05, 3.63) is 36.1 Å². The third-order valence-corrected chi connectivity index (χ3v) is 6.88. The van der Waals surface area contributed by atoms with Gasteiger partial charge in [0, 0.05) is 32.2 Å². The first kappa shape index (κ1) is 24.6. The average molecular weight is 497 g/mol. The highest BCUT2D eigenvalue weighted by molar-refractivity contribution is 5.90. The molecule has 0 radical (unpaired) electrons. The smallest absolute Gasteiger partial charge is 0.229 e. The zero-order valence-corrected chi connectivity index (χ0v) is 21.0. The molecule has 3 aromatic rings. The van der Waals surface area contributed by atoms with E-state index in [0.29, 0.717) is 62.5 Å². The van der Waals surface area contributed by atoms with E-state index in [1.165, 1.54) is 6.07 Å². The average Bonchev–Trinajstić information content (AvgIpc) is 2.89. The lowest BCUT2D eigenvalue weighted by atomic mass is 10.1. The Balaban J connectivity index is 1.62. The van der Waals surface area contributed by atoms with Crippen LogP contribution >= 0.6 is 0 Å².